The summed E-state index contributed by atoms with van der Waals surface area (Å²) in [4.78, 5) is 0. The highest BCUT2D eigenvalue weighted by Gasteiger charge is 2.44. The first-order valence-electron chi connectivity index (χ1n) is 8.97. The summed E-state index contributed by atoms with van der Waals surface area (Å²) in [6, 6.07) is 13.6. The molecule has 0 aliphatic rings. The molecule has 4 nitrogen and oxygen atoms in total. The molecule has 0 aromatic heterocycles. The molecule has 0 fully saturated rings. The van der Waals surface area contributed by atoms with Gasteiger partial charge in [0.1, 0.15) is 0 Å². The van der Waals surface area contributed by atoms with Gasteiger partial charge in [-0.3, -0.25) is 4.57 Å². The van der Waals surface area contributed by atoms with Crippen LogP contribution in [0.5, 0.6) is 0 Å². The lowest BCUT2D eigenvalue weighted by Gasteiger charge is -2.32. The molecule has 1 atom stereocenters. The Morgan fingerprint density at radius 1 is 0.857 bits per heavy atom. The van der Waals surface area contributed by atoms with Gasteiger partial charge in [-0.15, -0.1) is 0 Å². The van der Waals surface area contributed by atoms with Crippen molar-refractivity contribution in [2.24, 2.45) is 0 Å². The molecule has 28 heavy (non-hydrogen) atoms. The number of hydrogen-bond donors (Lipinski definition) is 1. The van der Waals surface area contributed by atoms with E-state index in [0.717, 1.165) is 6.07 Å². The standard InChI is InChI=1S/C20H25F3NO3P/c1-14(2)26-28(25,27-15(3)4)19(24-16-10-6-5-7-11-16)17-12-8-9-13-18(17)20(21,22)23/h5-15,19,24H,1-4H3/t19-/m1/s1. The highest BCUT2D eigenvalue weighted by atomic mass is 31.2. The fourth-order valence-electron chi connectivity index (χ4n) is 2.75. The van der Waals surface area contributed by atoms with E-state index in [4.69, 9.17) is 9.05 Å². The number of para-hydroxylation sites is 1. The highest BCUT2D eigenvalue weighted by Crippen LogP contribution is 2.63. The summed E-state index contributed by atoms with van der Waals surface area (Å²) in [5.74, 6) is -1.34. The molecule has 0 unspecified atom stereocenters. The topological polar surface area (TPSA) is 47.6 Å². The lowest BCUT2D eigenvalue weighted by atomic mass is 10.1. The molecule has 0 aliphatic heterocycles. The maximum Gasteiger partial charge on any atom is 0.416 e. The molecule has 0 heterocycles. The van der Waals surface area contributed by atoms with Gasteiger partial charge in [0.25, 0.3) is 0 Å². The Bertz CT molecular complexity index is 796. The van der Waals surface area contributed by atoms with Gasteiger partial charge in [0.05, 0.1) is 17.8 Å². The Hall–Kier alpha value is -1.82. The zero-order valence-corrected chi connectivity index (χ0v) is 17.1. The van der Waals surface area contributed by atoms with Gasteiger partial charge >= 0.3 is 13.8 Å². The molecule has 0 spiro atoms. The van der Waals surface area contributed by atoms with E-state index in [9.17, 15) is 17.7 Å². The third-order valence-electron chi connectivity index (χ3n) is 3.67. The molecular formula is C20H25F3NO3P. The van der Waals surface area contributed by atoms with E-state index in [1.54, 1.807) is 58.0 Å². The quantitative estimate of drug-likeness (QED) is 0.479. The summed E-state index contributed by atoms with van der Waals surface area (Å²) in [5.41, 5.74) is -0.573. The molecule has 1 N–H and O–H groups in total. The Morgan fingerprint density at radius 2 is 1.36 bits per heavy atom. The largest absolute Gasteiger partial charge is 0.416 e. The monoisotopic (exact) mass is 415 g/mol. The summed E-state index contributed by atoms with van der Waals surface area (Å²) < 4.78 is 65.9. The van der Waals surface area contributed by atoms with E-state index >= 15 is 0 Å². The third-order valence-corrected chi connectivity index (χ3v) is 6.14. The van der Waals surface area contributed by atoms with Crippen LogP contribution in [-0.2, 0) is 19.8 Å². The van der Waals surface area contributed by atoms with Crippen molar-refractivity contribution in [2.75, 3.05) is 5.32 Å². The molecule has 8 heteroatoms. The summed E-state index contributed by atoms with van der Waals surface area (Å²) in [6.07, 6.45) is -5.64. The van der Waals surface area contributed by atoms with Crippen LogP contribution < -0.4 is 5.32 Å². The van der Waals surface area contributed by atoms with Crippen LogP contribution in [0.4, 0.5) is 18.9 Å². The molecule has 0 bridgehead atoms. The van der Waals surface area contributed by atoms with Crippen LogP contribution in [-0.4, -0.2) is 12.2 Å². The first-order valence-corrected chi connectivity index (χ1v) is 10.6. The van der Waals surface area contributed by atoms with Crippen LogP contribution in [0.3, 0.4) is 0 Å². The SMILES string of the molecule is CC(C)OP(=O)(OC(C)C)[C@@H](Nc1ccccc1)c1ccccc1C(F)(F)F. The van der Waals surface area contributed by atoms with Crippen LogP contribution in [0.25, 0.3) is 0 Å². The highest BCUT2D eigenvalue weighted by molar-refractivity contribution is 7.54. The van der Waals surface area contributed by atoms with Crippen LogP contribution in [0, 0.1) is 0 Å². The van der Waals surface area contributed by atoms with Gasteiger partial charge in [-0.05, 0) is 51.5 Å². The predicted molar refractivity (Wildman–Crippen MR) is 104 cm³/mol. The fourth-order valence-corrected chi connectivity index (χ4v) is 5.09. The Kier molecular flexibility index (Phi) is 7.32. The van der Waals surface area contributed by atoms with E-state index in [1.807, 2.05) is 0 Å². The van der Waals surface area contributed by atoms with Crippen LogP contribution in [0.2, 0.25) is 0 Å². The van der Waals surface area contributed by atoms with Gasteiger partial charge < -0.3 is 14.4 Å². The molecule has 2 aromatic rings. The van der Waals surface area contributed by atoms with Gasteiger partial charge in [-0.25, -0.2) is 0 Å². The van der Waals surface area contributed by atoms with E-state index in [-0.39, 0.29) is 5.56 Å². The summed E-state index contributed by atoms with van der Waals surface area (Å²) in [5, 5.41) is 2.95. The minimum atomic E-state index is -4.62. The first kappa shape index (κ1) is 22.5. The van der Waals surface area contributed by atoms with Crippen molar-refractivity contribution in [3.05, 3.63) is 65.7 Å². The van der Waals surface area contributed by atoms with Gasteiger partial charge in [0, 0.05) is 5.69 Å². The second-order valence-electron chi connectivity index (χ2n) is 6.85. The van der Waals surface area contributed by atoms with Crippen molar-refractivity contribution in [3.63, 3.8) is 0 Å². The van der Waals surface area contributed by atoms with Crippen LogP contribution in [0.1, 0.15) is 44.6 Å². The van der Waals surface area contributed by atoms with Crippen LogP contribution >= 0.6 is 7.60 Å². The number of alkyl halides is 3. The molecule has 0 saturated heterocycles. The zero-order valence-electron chi connectivity index (χ0n) is 16.2. The molecule has 0 radical (unpaired) electrons. The fraction of sp³-hybridized carbons (Fsp3) is 0.400. The van der Waals surface area contributed by atoms with E-state index < -0.39 is 37.3 Å². The molecule has 0 amide bonds. The Labute approximate surface area is 163 Å². The van der Waals surface area contributed by atoms with Gasteiger partial charge in [0.2, 0.25) is 0 Å². The first-order chi connectivity index (χ1) is 13.0. The molecule has 2 aromatic carbocycles. The summed E-state index contributed by atoms with van der Waals surface area (Å²) in [6.45, 7) is 6.63. The molecular weight excluding hydrogens is 390 g/mol. The van der Waals surface area contributed by atoms with Crippen molar-refractivity contribution in [1.82, 2.24) is 0 Å². The minimum absolute atomic E-state index is 0.191. The van der Waals surface area contributed by atoms with Crippen LogP contribution in [0.15, 0.2) is 54.6 Å². The smallest absolute Gasteiger partial charge is 0.368 e. The molecule has 2 rings (SSSR count). The number of nitrogens with one attached hydrogen (secondary N) is 1. The molecule has 154 valence electrons. The average molecular weight is 415 g/mol. The number of benzene rings is 2. The maximum atomic E-state index is 13.7. The maximum absolute atomic E-state index is 13.7. The Balaban J connectivity index is 2.64. The third kappa shape index (κ3) is 5.84. The lowest BCUT2D eigenvalue weighted by Crippen LogP contribution is -2.22. The Morgan fingerprint density at radius 3 is 1.86 bits per heavy atom. The van der Waals surface area contributed by atoms with Gasteiger partial charge in [-0.1, -0.05) is 36.4 Å². The number of hydrogen-bond acceptors (Lipinski definition) is 4. The number of anilines is 1. The lowest BCUT2D eigenvalue weighted by molar-refractivity contribution is -0.138. The van der Waals surface area contributed by atoms with Crippen molar-refractivity contribution in [1.29, 1.82) is 0 Å². The summed E-state index contributed by atoms with van der Waals surface area (Å²) in [7, 11) is -4.04. The number of rotatable bonds is 8. The number of halogens is 3. The van der Waals surface area contributed by atoms with E-state index in [1.165, 1.54) is 18.2 Å². The zero-order chi connectivity index (χ0) is 20.9. The second kappa shape index (κ2) is 9.12. The predicted octanol–water partition coefficient (Wildman–Crippen LogP) is 6.86. The normalized spacial score (nSPS) is 13.8. The van der Waals surface area contributed by atoms with E-state index in [0.29, 0.717) is 5.69 Å². The van der Waals surface area contributed by atoms with Crippen molar-refractivity contribution in [2.45, 2.75) is 51.9 Å². The van der Waals surface area contributed by atoms with E-state index in [2.05, 4.69) is 5.32 Å². The van der Waals surface area contributed by atoms with Gasteiger partial charge in [-0.2, -0.15) is 13.2 Å². The molecule has 0 saturated carbocycles. The van der Waals surface area contributed by atoms with Crippen molar-refractivity contribution >= 4 is 13.3 Å². The van der Waals surface area contributed by atoms with Crippen molar-refractivity contribution in [3.8, 4) is 0 Å². The summed E-state index contributed by atoms with van der Waals surface area (Å²) >= 11 is 0. The second-order valence-corrected chi connectivity index (χ2v) is 8.86. The molecule has 0 aliphatic carbocycles. The van der Waals surface area contributed by atoms with Gasteiger partial charge in [0.15, 0.2) is 5.78 Å². The average Bonchev–Trinajstić information content (AvgIpc) is 2.58. The minimum Gasteiger partial charge on any atom is -0.368 e. The van der Waals surface area contributed by atoms with Crippen molar-refractivity contribution < 1.29 is 26.8 Å².